The Bertz CT molecular complexity index is 1230. The number of nitrogens with zero attached hydrogens (tertiary/aromatic N) is 1. The Morgan fingerprint density at radius 3 is 2.05 bits per heavy atom. The van der Waals surface area contributed by atoms with E-state index in [1.54, 1.807) is 0 Å². The van der Waals surface area contributed by atoms with Gasteiger partial charge in [0.05, 0.1) is 28.8 Å². The number of rotatable bonds is 4. The lowest BCUT2D eigenvalue weighted by Crippen LogP contribution is -2.60. The molecule has 1 N–H and O–H groups in total. The number of halogens is 10. The maximum atomic E-state index is 15.2. The molecule has 4 nitrogen and oxygen atoms in total. The molecule has 1 amide bonds. The monoisotopic (exact) mass is 574 g/mol. The second-order valence-corrected chi connectivity index (χ2v) is 9.56. The van der Waals surface area contributed by atoms with E-state index in [4.69, 9.17) is 28.0 Å². The summed E-state index contributed by atoms with van der Waals surface area (Å²) in [5.41, 5.74) is -3.60. The van der Waals surface area contributed by atoms with Crippen molar-refractivity contribution in [2.75, 3.05) is 13.1 Å². The summed E-state index contributed by atoms with van der Waals surface area (Å²) in [6, 6.07) is 6.50. The normalized spacial score (nSPS) is 22.2. The molecule has 2 heterocycles. The maximum absolute atomic E-state index is 15.2. The molecule has 2 aliphatic rings. The molecule has 2 aromatic rings. The number of benzene rings is 2. The molecule has 0 spiro atoms. The third-order valence-electron chi connectivity index (χ3n) is 6.27. The second-order valence-electron chi connectivity index (χ2n) is 8.75. The number of carbonyl (C=O) groups excluding carboxylic acids is 1. The molecule has 0 aromatic heterocycles. The van der Waals surface area contributed by atoms with Crippen LogP contribution in [0.4, 0.5) is 35.1 Å². The summed E-state index contributed by atoms with van der Waals surface area (Å²) < 4.78 is 110. The van der Waals surface area contributed by atoms with Gasteiger partial charge in [0, 0.05) is 5.56 Å². The van der Waals surface area contributed by atoms with Gasteiger partial charge < -0.3 is 4.90 Å². The van der Waals surface area contributed by atoms with Crippen molar-refractivity contribution in [1.29, 1.82) is 0 Å². The van der Waals surface area contributed by atoms with Crippen molar-refractivity contribution in [3.8, 4) is 0 Å². The third kappa shape index (κ3) is 4.74. The fourth-order valence-electron chi connectivity index (χ4n) is 4.01. The van der Waals surface area contributed by atoms with Gasteiger partial charge in [-0.1, -0.05) is 47.5 Å². The Kier molecular flexibility index (Phi) is 6.70. The molecule has 2 atom stereocenters. The first kappa shape index (κ1) is 27.5. The Hall–Kier alpha value is -2.57. The van der Waals surface area contributed by atoms with Gasteiger partial charge in [-0.25, -0.2) is 8.78 Å². The summed E-state index contributed by atoms with van der Waals surface area (Å²) >= 11 is 11.3. The van der Waals surface area contributed by atoms with E-state index in [-0.39, 0.29) is 16.8 Å². The zero-order valence-electron chi connectivity index (χ0n) is 18.6. The smallest absolute Gasteiger partial charge is 0.335 e. The van der Waals surface area contributed by atoms with Crippen molar-refractivity contribution in [2.45, 2.75) is 30.5 Å². The molecule has 37 heavy (non-hydrogen) atoms. The van der Waals surface area contributed by atoms with E-state index in [0.717, 1.165) is 17.0 Å². The van der Waals surface area contributed by atoms with Crippen LogP contribution < -0.4 is 5.48 Å². The molecular weight excluding hydrogens is 559 g/mol. The number of amides is 1. The van der Waals surface area contributed by atoms with E-state index >= 15 is 4.39 Å². The lowest BCUT2D eigenvalue weighted by atomic mass is 9.86. The van der Waals surface area contributed by atoms with Crippen LogP contribution in [0.15, 0.2) is 42.5 Å². The Labute approximate surface area is 214 Å². The molecule has 2 aromatic carbocycles. The van der Waals surface area contributed by atoms with E-state index < -0.39 is 70.0 Å². The van der Waals surface area contributed by atoms with Crippen molar-refractivity contribution < 1.29 is 44.8 Å². The minimum absolute atomic E-state index is 0.0265. The van der Waals surface area contributed by atoms with Crippen molar-refractivity contribution in [1.82, 2.24) is 10.4 Å². The number of nitrogens with one attached hydrogen (secondary N) is 1. The second kappa shape index (κ2) is 9.02. The fraction of sp³-hybridized carbons (Fsp3) is 0.348. The van der Waals surface area contributed by atoms with Gasteiger partial charge in [0.2, 0.25) is 11.5 Å². The number of hydrogen-bond donors (Lipinski definition) is 1. The molecule has 4 rings (SSSR count). The van der Waals surface area contributed by atoms with Gasteiger partial charge in [-0.3, -0.25) is 15.1 Å². The molecule has 0 radical (unpaired) electrons. The highest BCUT2D eigenvalue weighted by atomic mass is 35.5. The first-order chi connectivity index (χ1) is 17.0. The highest BCUT2D eigenvalue weighted by Crippen LogP contribution is 2.49. The van der Waals surface area contributed by atoms with Crippen LogP contribution in [0.25, 0.3) is 5.70 Å². The van der Waals surface area contributed by atoms with Crippen LogP contribution in [0.1, 0.15) is 23.6 Å². The van der Waals surface area contributed by atoms with E-state index in [0.29, 0.717) is 13.0 Å². The Balaban J connectivity index is 1.57. The largest absolute Gasteiger partial charge is 0.428 e. The Morgan fingerprint density at radius 1 is 1.03 bits per heavy atom. The molecule has 0 bridgehead atoms. The number of hydrogen-bond acceptors (Lipinski definition) is 3. The summed E-state index contributed by atoms with van der Waals surface area (Å²) in [5, 5.41) is -1.29. The SMILES string of the molecule is CC(C(=O)N1CC(F)(c2ccc(C3=CC(c4cc(Cl)c(F)c(Cl)c4)(C(F)(F)F)ON3)cc2)C1)C(F)(F)F. The van der Waals surface area contributed by atoms with Gasteiger partial charge in [-0.05, 0) is 36.3 Å². The van der Waals surface area contributed by atoms with Gasteiger partial charge in [-0.2, -0.15) is 26.3 Å². The highest BCUT2D eigenvalue weighted by Gasteiger charge is 2.60. The number of alkyl halides is 7. The maximum Gasteiger partial charge on any atom is 0.428 e. The summed E-state index contributed by atoms with van der Waals surface area (Å²) in [6.45, 7) is -0.508. The van der Waals surface area contributed by atoms with Crippen LogP contribution in [0.3, 0.4) is 0 Å². The van der Waals surface area contributed by atoms with E-state index in [9.17, 15) is 35.5 Å². The summed E-state index contributed by atoms with van der Waals surface area (Å²) in [6.07, 6.45) is -9.10. The average Bonchev–Trinajstić information content (AvgIpc) is 3.26. The van der Waals surface area contributed by atoms with Gasteiger partial charge in [0.1, 0.15) is 5.92 Å². The number of carbonyl (C=O) groups is 1. The molecule has 1 fully saturated rings. The fourth-order valence-corrected chi connectivity index (χ4v) is 4.50. The van der Waals surface area contributed by atoms with Crippen LogP contribution in [0.5, 0.6) is 0 Å². The molecule has 200 valence electrons. The number of hydroxylamine groups is 1. The summed E-state index contributed by atoms with van der Waals surface area (Å²) in [5.74, 6) is -4.63. The standard InChI is InChI=1S/C23H16Cl2F8N2O2/c1-11(22(28,29)30)19(36)35-9-20(27,10-35)13-4-2-12(3-5-13)17-8-21(37-34-17,23(31,32)33)14-6-15(24)18(26)16(25)7-14/h2-8,11,34H,9-10H2,1H3. The first-order valence-electron chi connectivity index (χ1n) is 10.5. The third-order valence-corrected chi connectivity index (χ3v) is 6.82. The molecular formula is C23H16Cl2F8N2O2. The topological polar surface area (TPSA) is 41.6 Å². The van der Waals surface area contributed by atoms with Gasteiger partial charge in [0.15, 0.2) is 11.5 Å². The molecule has 0 aliphatic carbocycles. The molecule has 0 saturated carbocycles. The minimum Gasteiger partial charge on any atom is -0.335 e. The summed E-state index contributed by atoms with van der Waals surface area (Å²) in [7, 11) is 0. The van der Waals surface area contributed by atoms with Crippen molar-refractivity contribution in [3.05, 3.63) is 75.0 Å². The first-order valence-corrected chi connectivity index (χ1v) is 11.3. The lowest BCUT2D eigenvalue weighted by molar-refractivity contribution is -0.269. The van der Waals surface area contributed by atoms with Crippen LogP contribution >= 0.6 is 23.2 Å². The summed E-state index contributed by atoms with van der Waals surface area (Å²) in [4.78, 5) is 17.6. The number of likely N-dealkylation sites (tertiary alicyclic amines) is 1. The van der Waals surface area contributed by atoms with Crippen molar-refractivity contribution >= 4 is 34.8 Å². The van der Waals surface area contributed by atoms with Crippen LogP contribution in [-0.4, -0.2) is 36.2 Å². The van der Waals surface area contributed by atoms with Gasteiger partial charge >= 0.3 is 12.4 Å². The van der Waals surface area contributed by atoms with Crippen LogP contribution in [0.2, 0.25) is 10.0 Å². The lowest BCUT2D eigenvalue weighted by Gasteiger charge is -2.45. The van der Waals surface area contributed by atoms with Crippen LogP contribution in [-0.2, 0) is 20.9 Å². The van der Waals surface area contributed by atoms with Crippen molar-refractivity contribution in [3.63, 3.8) is 0 Å². The zero-order valence-corrected chi connectivity index (χ0v) is 20.1. The predicted octanol–water partition coefficient (Wildman–Crippen LogP) is 6.67. The van der Waals surface area contributed by atoms with E-state index in [1.165, 1.54) is 24.3 Å². The molecule has 14 heteroatoms. The average molecular weight is 575 g/mol. The van der Waals surface area contributed by atoms with E-state index in [2.05, 4.69) is 5.48 Å². The minimum atomic E-state index is -5.04. The predicted molar refractivity (Wildman–Crippen MR) is 117 cm³/mol. The Morgan fingerprint density at radius 2 is 1.57 bits per heavy atom. The van der Waals surface area contributed by atoms with Crippen molar-refractivity contribution in [2.24, 2.45) is 5.92 Å². The zero-order chi connectivity index (χ0) is 27.6. The molecule has 1 saturated heterocycles. The van der Waals surface area contributed by atoms with Gasteiger partial charge in [-0.15, -0.1) is 0 Å². The quantitative estimate of drug-likeness (QED) is 0.327. The van der Waals surface area contributed by atoms with E-state index in [1.807, 2.05) is 0 Å². The van der Waals surface area contributed by atoms with Gasteiger partial charge in [0.25, 0.3) is 0 Å². The van der Waals surface area contributed by atoms with Crippen LogP contribution in [0, 0.1) is 11.7 Å². The molecule has 2 unspecified atom stereocenters. The molecule has 2 aliphatic heterocycles. The highest BCUT2D eigenvalue weighted by molar-refractivity contribution is 6.35.